The Balaban J connectivity index is 1.90. The Morgan fingerprint density at radius 3 is 2.92 bits per heavy atom. The van der Waals surface area contributed by atoms with Gasteiger partial charge in [-0.15, -0.1) is 22.7 Å². The smallest absolute Gasteiger partial charge is 0.261 e. The fourth-order valence-electron chi connectivity index (χ4n) is 2.40. The van der Waals surface area contributed by atoms with Gasteiger partial charge in [-0.3, -0.25) is 4.79 Å². The van der Waals surface area contributed by atoms with E-state index in [0.717, 1.165) is 28.0 Å². The molecular formula is C17H20N4OS2. The molecule has 0 fully saturated rings. The third-order valence-electron chi connectivity index (χ3n) is 3.93. The highest BCUT2D eigenvalue weighted by molar-refractivity contribution is 7.20. The van der Waals surface area contributed by atoms with Gasteiger partial charge in [0.1, 0.15) is 17.0 Å². The minimum atomic E-state index is -0.0333. The summed E-state index contributed by atoms with van der Waals surface area (Å²) in [6.07, 6.45) is 2.45. The first-order chi connectivity index (χ1) is 11.6. The molecule has 0 bridgehead atoms. The van der Waals surface area contributed by atoms with E-state index >= 15 is 0 Å². The Bertz CT molecular complexity index is 842. The lowest BCUT2D eigenvalue weighted by molar-refractivity contribution is 0.0943. The second-order valence-corrected chi connectivity index (χ2v) is 7.71. The first-order valence-electron chi connectivity index (χ1n) is 7.91. The van der Waals surface area contributed by atoms with Gasteiger partial charge in [-0.25, -0.2) is 9.97 Å². The van der Waals surface area contributed by atoms with Gasteiger partial charge >= 0.3 is 0 Å². The molecule has 0 spiro atoms. The van der Waals surface area contributed by atoms with Crippen molar-refractivity contribution in [3.8, 4) is 0 Å². The summed E-state index contributed by atoms with van der Waals surface area (Å²) in [5, 5.41) is 9.39. The monoisotopic (exact) mass is 360 g/mol. The van der Waals surface area contributed by atoms with E-state index in [-0.39, 0.29) is 11.9 Å². The fourth-order valence-corrected chi connectivity index (χ4v) is 4.09. The van der Waals surface area contributed by atoms with Gasteiger partial charge in [0.2, 0.25) is 0 Å². The molecule has 2 N–H and O–H groups in total. The summed E-state index contributed by atoms with van der Waals surface area (Å²) in [5.41, 5.74) is 0.935. The minimum Gasteiger partial charge on any atom is -0.365 e. The first-order valence-corrected chi connectivity index (χ1v) is 9.61. The number of nitrogens with zero attached hydrogens (tertiary/aromatic N) is 2. The van der Waals surface area contributed by atoms with Crippen LogP contribution in [0.3, 0.4) is 0 Å². The van der Waals surface area contributed by atoms with E-state index in [1.807, 2.05) is 19.9 Å². The van der Waals surface area contributed by atoms with E-state index in [9.17, 15) is 4.79 Å². The number of anilines is 1. The fraction of sp³-hybridized carbons (Fsp3) is 0.353. The predicted molar refractivity (Wildman–Crippen MR) is 101 cm³/mol. The number of thiophene rings is 2. The molecule has 3 heterocycles. The predicted octanol–water partition coefficient (Wildman–Crippen LogP) is 4.20. The van der Waals surface area contributed by atoms with Gasteiger partial charge in [0.25, 0.3) is 5.91 Å². The lowest BCUT2D eigenvalue weighted by Gasteiger charge is -2.10. The van der Waals surface area contributed by atoms with Gasteiger partial charge in [-0.2, -0.15) is 0 Å². The summed E-state index contributed by atoms with van der Waals surface area (Å²) in [4.78, 5) is 24.0. The SMILES string of the molecule is CCC(C)NC(=O)c1sc2ncnc(NCc3cccs3)c2c1C. The number of hydrogen-bond acceptors (Lipinski definition) is 6. The van der Waals surface area contributed by atoms with E-state index in [2.05, 4.69) is 39.0 Å². The molecule has 24 heavy (non-hydrogen) atoms. The zero-order valence-corrected chi connectivity index (χ0v) is 15.6. The molecule has 0 aromatic carbocycles. The number of aromatic nitrogens is 2. The van der Waals surface area contributed by atoms with Crippen molar-refractivity contribution in [3.63, 3.8) is 0 Å². The second-order valence-electron chi connectivity index (χ2n) is 5.67. The molecule has 7 heteroatoms. The summed E-state index contributed by atoms with van der Waals surface area (Å²) < 4.78 is 0. The van der Waals surface area contributed by atoms with Gasteiger partial charge < -0.3 is 10.6 Å². The molecule has 0 aliphatic rings. The Morgan fingerprint density at radius 2 is 2.21 bits per heavy atom. The van der Waals surface area contributed by atoms with Gasteiger partial charge in [-0.1, -0.05) is 13.0 Å². The number of carbonyl (C=O) groups is 1. The normalized spacial score (nSPS) is 12.3. The summed E-state index contributed by atoms with van der Waals surface area (Å²) in [6.45, 7) is 6.74. The number of carbonyl (C=O) groups excluding carboxylic acids is 1. The van der Waals surface area contributed by atoms with Crippen molar-refractivity contribution in [1.29, 1.82) is 0 Å². The van der Waals surface area contributed by atoms with E-state index in [1.54, 1.807) is 17.7 Å². The van der Waals surface area contributed by atoms with Crippen LogP contribution in [0.5, 0.6) is 0 Å². The lowest BCUT2D eigenvalue weighted by atomic mass is 10.2. The molecule has 1 unspecified atom stereocenters. The Labute approximate surface area is 149 Å². The number of rotatable bonds is 6. The molecule has 3 aromatic heterocycles. The van der Waals surface area contributed by atoms with Crippen molar-refractivity contribution in [2.75, 3.05) is 5.32 Å². The molecule has 0 aliphatic heterocycles. The molecule has 0 saturated heterocycles. The van der Waals surface area contributed by atoms with Crippen LogP contribution >= 0.6 is 22.7 Å². The largest absolute Gasteiger partial charge is 0.365 e. The van der Waals surface area contributed by atoms with Crippen molar-refractivity contribution in [3.05, 3.63) is 39.2 Å². The quantitative estimate of drug-likeness (QED) is 0.691. The molecule has 1 atom stereocenters. The van der Waals surface area contributed by atoms with Crippen LogP contribution < -0.4 is 10.6 Å². The highest BCUT2D eigenvalue weighted by Crippen LogP contribution is 2.33. The zero-order chi connectivity index (χ0) is 17.1. The topological polar surface area (TPSA) is 66.9 Å². The molecule has 0 saturated carbocycles. The average molecular weight is 361 g/mol. The molecule has 0 radical (unpaired) electrons. The maximum absolute atomic E-state index is 12.5. The minimum absolute atomic E-state index is 0.0333. The average Bonchev–Trinajstić information content (AvgIpc) is 3.21. The molecule has 3 aromatic rings. The van der Waals surface area contributed by atoms with Gasteiger partial charge in [0.05, 0.1) is 16.8 Å². The standard InChI is InChI=1S/C17H20N4OS2/c1-4-10(2)21-16(22)14-11(3)13-15(19-9-20-17(13)24-14)18-8-12-6-5-7-23-12/h5-7,9-10H,4,8H2,1-3H3,(H,21,22)(H,18,19,20). The van der Waals surface area contributed by atoms with E-state index in [4.69, 9.17) is 0 Å². The third-order valence-corrected chi connectivity index (χ3v) is 6.01. The van der Waals surface area contributed by atoms with E-state index in [0.29, 0.717) is 11.4 Å². The second kappa shape index (κ2) is 7.27. The van der Waals surface area contributed by atoms with Gasteiger partial charge in [0.15, 0.2) is 0 Å². The van der Waals surface area contributed by atoms with Crippen molar-refractivity contribution in [2.45, 2.75) is 39.8 Å². The zero-order valence-electron chi connectivity index (χ0n) is 13.9. The van der Waals surface area contributed by atoms with Gasteiger partial charge in [-0.05, 0) is 37.3 Å². The Kier molecular flexibility index (Phi) is 5.11. The van der Waals surface area contributed by atoms with Crippen LogP contribution in [-0.4, -0.2) is 21.9 Å². The number of nitrogens with one attached hydrogen (secondary N) is 2. The molecule has 1 amide bonds. The molecule has 5 nitrogen and oxygen atoms in total. The summed E-state index contributed by atoms with van der Waals surface area (Å²) in [5.74, 6) is 0.749. The van der Waals surface area contributed by atoms with Crippen LogP contribution in [0.25, 0.3) is 10.2 Å². The molecule has 126 valence electrons. The van der Waals surface area contributed by atoms with Gasteiger partial charge in [0, 0.05) is 10.9 Å². The Hall–Kier alpha value is -1.99. The number of amides is 1. The first kappa shape index (κ1) is 16.9. The van der Waals surface area contributed by atoms with Crippen molar-refractivity contribution < 1.29 is 4.79 Å². The number of hydrogen-bond donors (Lipinski definition) is 2. The van der Waals surface area contributed by atoms with Crippen LogP contribution in [0.15, 0.2) is 23.8 Å². The molecular weight excluding hydrogens is 340 g/mol. The van der Waals surface area contributed by atoms with E-state index < -0.39 is 0 Å². The van der Waals surface area contributed by atoms with Crippen molar-refractivity contribution >= 4 is 44.6 Å². The van der Waals surface area contributed by atoms with Crippen LogP contribution in [0.4, 0.5) is 5.82 Å². The third kappa shape index (κ3) is 3.42. The summed E-state index contributed by atoms with van der Waals surface area (Å²) >= 11 is 3.13. The number of aryl methyl sites for hydroxylation is 1. The summed E-state index contributed by atoms with van der Waals surface area (Å²) in [6, 6.07) is 4.27. The number of fused-ring (bicyclic) bond motifs is 1. The Morgan fingerprint density at radius 1 is 1.38 bits per heavy atom. The summed E-state index contributed by atoms with van der Waals surface area (Å²) in [7, 11) is 0. The van der Waals surface area contributed by atoms with Crippen LogP contribution in [-0.2, 0) is 6.54 Å². The highest BCUT2D eigenvalue weighted by atomic mass is 32.1. The maximum Gasteiger partial charge on any atom is 0.261 e. The van der Waals surface area contributed by atoms with Crippen LogP contribution in [0.2, 0.25) is 0 Å². The molecule has 3 rings (SSSR count). The molecule has 0 aliphatic carbocycles. The van der Waals surface area contributed by atoms with Crippen molar-refractivity contribution in [2.24, 2.45) is 0 Å². The highest BCUT2D eigenvalue weighted by Gasteiger charge is 2.20. The van der Waals surface area contributed by atoms with Crippen LogP contribution in [0.1, 0.15) is 40.4 Å². The van der Waals surface area contributed by atoms with Crippen molar-refractivity contribution in [1.82, 2.24) is 15.3 Å². The van der Waals surface area contributed by atoms with Crippen LogP contribution in [0, 0.1) is 6.92 Å². The maximum atomic E-state index is 12.5. The lowest BCUT2D eigenvalue weighted by Crippen LogP contribution is -2.31. The van der Waals surface area contributed by atoms with E-state index in [1.165, 1.54) is 16.2 Å².